The summed E-state index contributed by atoms with van der Waals surface area (Å²) in [5, 5.41) is 11.8. The number of fused-ring (bicyclic) bond motifs is 1. The lowest BCUT2D eigenvalue weighted by molar-refractivity contribution is 0.0956. The first kappa shape index (κ1) is 8.55. The van der Waals surface area contributed by atoms with E-state index < -0.39 is 0 Å². The lowest BCUT2D eigenvalue weighted by Gasteiger charge is -2.04. The molecule has 0 atom stereocenters. The van der Waals surface area contributed by atoms with Gasteiger partial charge in [-0.2, -0.15) is 0 Å². The molecule has 2 aromatic heterocycles. The molecule has 14 heavy (non-hydrogen) atoms. The van der Waals surface area contributed by atoms with Gasteiger partial charge in [0.15, 0.2) is 0 Å². The van der Waals surface area contributed by atoms with Crippen LogP contribution in [0.4, 0.5) is 0 Å². The van der Waals surface area contributed by atoms with E-state index >= 15 is 0 Å². The number of hydrogen-bond acceptors (Lipinski definition) is 3. The number of amides is 1. The van der Waals surface area contributed by atoms with Crippen molar-refractivity contribution in [1.82, 2.24) is 14.7 Å². The summed E-state index contributed by atoms with van der Waals surface area (Å²) in [6.45, 7) is 0. The maximum absolute atomic E-state index is 11.4. The van der Waals surface area contributed by atoms with Crippen molar-refractivity contribution < 1.29 is 9.90 Å². The molecule has 0 aromatic carbocycles. The minimum absolute atomic E-state index is 0.0299. The molecule has 0 fully saturated rings. The molecule has 2 N–H and O–H groups in total. The summed E-state index contributed by atoms with van der Waals surface area (Å²) < 4.78 is 1.61. The number of imidazole rings is 1. The van der Waals surface area contributed by atoms with Crippen molar-refractivity contribution in [1.29, 1.82) is 0 Å². The highest BCUT2D eigenvalue weighted by Gasteiger charge is 2.09. The van der Waals surface area contributed by atoms with Crippen molar-refractivity contribution in [3.05, 3.63) is 30.2 Å². The molecule has 0 saturated carbocycles. The molecule has 0 saturated heterocycles. The van der Waals surface area contributed by atoms with Crippen LogP contribution in [0.2, 0.25) is 0 Å². The lowest BCUT2D eigenvalue weighted by atomic mass is 10.3. The van der Waals surface area contributed by atoms with Gasteiger partial charge in [-0.1, -0.05) is 0 Å². The molecule has 0 spiro atoms. The molecule has 72 valence electrons. The molecule has 2 heterocycles. The van der Waals surface area contributed by atoms with E-state index in [9.17, 15) is 9.90 Å². The largest absolute Gasteiger partial charge is 0.508 e. The summed E-state index contributed by atoms with van der Waals surface area (Å²) in [6, 6.07) is 2.89. The SMILES string of the molecule is CNC(=O)c1cc(O)cc2nccn12. The smallest absolute Gasteiger partial charge is 0.268 e. The Morgan fingerprint density at radius 2 is 2.36 bits per heavy atom. The summed E-state index contributed by atoms with van der Waals surface area (Å²) in [7, 11) is 1.54. The third kappa shape index (κ3) is 1.19. The van der Waals surface area contributed by atoms with Crippen LogP contribution in [0, 0.1) is 0 Å². The van der Waals surface area contributed by atoms with Crippen LogP contribution in [0.25, 0.3) is 5.65 Å². The van der Waals surface area contributed by atoms with Crippen LogP contribution in [-0.2, 0) is 0 Å². The number of carbonyl (C=O) groups is 1. The van der Waals surface area contributed by atoms with E-state index in [1.807, 2.05) is 0 Å². The summed E-state index contributed by atoms with van der Waals surface area (Å²) >= 11 is 0. The molecule has 0 radical (unpaired) electrons. The highest BCUT2D eigenvalue weighted by molar-refractivity contribution is 5.93. The fourth-order valence-electron chi connectivity index (χ4n) is 1.31. The number of pyridine rings is 1. The van der Waals surface area contributed by atoms with Gasteiger partial charge in [0.1, 0.15) is 17.1 Å². The Kier molecular flexibility index (Phi) is 1.85. The van der Waals surface area contributed by atoms with Crippen molar-refractivity contribution in [2.75, 3.05) is 7.05 Å². The molecule has 0 bridgehead atoms. The van der Waals surface area contributed by atoms with Gasteiger partial charge in [-0.3, -0.25) is 9.20 Å². The Morgan fingerprint density at radius 1 is 1.57 bits per heavy atom. The van der Waals surface area contributed by atoms with Crippen LogP contribution in [0.1, 0.15) is 10.5 Å². The van der Waals surface area contributed by atoms with Crippen molar-refractivity contribution in [3.63, 3.8) is 0 Å². The van der Waals surface area contributed by atoms with Gasteiger partial charge in [-0.25, -0.2) is 4.98 Å². The Hall–Kier alpha value is -2.04. The van der Waals surface area contributed by atoms with Crippen LogP contribution in [0.15, 0.2) is 24.5 Å². The van der Waals surface area contributed by atoms with E-state index in [4.69, 9.17) is 0 Å². The van der Waals surface area contributed by atoms with Gasteiger partial charge in [0, 0.05) is 31.6 Å². The quantitative estimate of drug-likeness (QED) is 0.685. The summed E-state index contributed by atoms with van der Waals surface area (Å²) in [5.41, 5.74) is 0.906. The number of nitrogens with zero attached hydrogens (tertiary/aromatic N) is 2. The molecule has 0 aliphatic carbocycles. The Morgan fingerprint density at radius 3 is 3.07 bits per heavy atom. The van der Waals surface area contributed by atoms with Gasteiger partial charge in [-0.05, 0) is 0 Å². The average Bonchev–Trinajstić information content (AvgIpc) is 2.62. The van der Waals surface area contributed by atoms with Gasteiger partial charge < -0.3 is 10.4 Å². The second kappa shape index (κ2) is 3.02. The van der Waals surface area contributed by atoms with Crippen molar-refractivity contribution in [2.24, 2.45) is 0 Å². The lowest BCUT2D eigenvalue weighted by Crippen LogP contribution is -2.20. The summed E-state index contributed by atoms with van der Waals surface area (Å²) in [4.78, 5) is 15.4. The second-order valence-corrected chi connectivity index (χ2v) is 2.83. The standard InChI is InChI=1S/C9H9N3O2/c1-10-9(14)7-4-6(13)5-8-11-2-3-12(7)8/h2-5,13H,1H3,(H,10,14). The van der Waals surface area contributed by atoms with E-state index in [-0.39, 0.29) is 11.7 Å². The van der Waals surface area contributed by atoms with Crippen LogP contribution in [0.5, 0.6) is 5.75 Å². The first-order valence-electron chi connectivity index (χ1n) is 4.10. The van der Waals surface area contributed by atoms with Crippen LogP contribution in [0.3, 0.4) is 0 Å². The van der Waals surface area contributed by atoms with Crippen molar-refractivity contribution in [2.45, 2.75) is 0 Å². The van der Waals surface area contributed by atoms with Gasteiger partial charge >= 0.3 is 0 Å². The summed E-state index contributed by atoms with van der Waals surface area (Å²) in [6.07, 6.45) is 3.24. The van der Waals surface area contributed by atoms with E-state index in [1.54, 1.807) is 16.8 Å². The summed E-state index contributed by atoms with van der Waals surface area (Å²) in [5.74, 6) is -0.230. The fraction of sp³-hybridized carbons (Fsp3) is 0.111. The molecule has 0 unspecified atom stereocenters. The van der Waals surface area contributed by atoms with Crippen molar-refractivity contribution >= 4 is 11.6 Å². The maximum Gasteiger partial charge on any atom is 0.268 e. The third-order valence-corrected chi connectivity index (χ3v) is 1.95. The van der Waals surface area contributed by atoms with Crippen LogP contribution in [-0.4, -0.2) is 27.4 Å². The zero-order valence-corrected chi connectivity index (χ0v) is 7.56. The minimum Gasteiger partial charge on any atom is -0.508 e. The average molecular weight is 191 g/mol. The highest BCUT2D eigenvalue weighted by Crippen LogP contribution is 2.15. The van der Waals surface area contributed by atoms with E-state index in [1.165, 1.54) is 19.2 Å². The van der Waals surface area contributed by atoms with Gasteiger partial charge in [0.05, 0.1) is 0 Å². The number of hydrogen-bond donors (Lipinski definition) is 2. The highest BCUT2D eigenvalue weighted by atomic mass is 16.3. The fourth-order valence-corrected chi connectivity index (χ4v) is 1.31. The predicted octanol–water partition coefficient (Wildman–Crippen LogP) is 0.399. The van der Waals surface area contributed by atoms with Crippen molar-refractivity contribution in [3.8, 4) is 5.75 Å². The topological polar surface area (TPSA) is 66.6 Å². The van der Waals surface area contributed by atoms with Gasteiger partial charge in [-0.15, -0.1) is 0 Å². The molecule has 5 nitrogen and oxygen atoms in total. The van der Waals surface area contributed by atoms with Gasteiger partial charge in [0.25, 0.3) is 5.91 Å². The molecular formula is C9H9N3O2. The molecule has 2 rings (SSSR count). The molecular weight excluding hydrogens is 182 g/mol. The number of aromatic hydroxyl groups is 1. The Bertz CT molecular complexity index is 490. The zero-order chi connectivity index (χ0) is 10.1. The number of aromatic nitrogens is 2. The Labute approximate surface area is 80.0 Å². The number of rotatable bonds is 1. The first-order valence-corrected chi connectivity index (χ1v) is 4.10. The van der Waals surface area contributed by atoms with Crippen LogP contribution < -0.4 is 5.32 Å². The molecule has 2 aromatic rings. The predicted molar refractivity (Wildman–Crippen MR) is 50.2 cm³/mol. The third-order valence-electron chi connectivity index (χ3n) is 1.95. The molecule has 5 heteroatoms. The molecule has 1 amide bonds. The maximum atomic E-state index is 11.4. The normalized spacial score (nSPS) is 10.4. The second-order valence-electron chi connectivity index (χ2n) is 2.83. The molecule has 0 aliphatic heterocycles. The van der Waals surface area contributed by atoms with E-state index in [0.29, 0.717) is 11.3 Å². The monoisotopic (exact) mass is 191 g/mol. The van der Waals surface area contributed by atoms with E-state index in [0.717, 1.165) is 0 Å². The number of carbonyl (C=O) groups excluding carboxylic acids is 1. The van der Waals surface area contributed by atoms with Crippen LogP contribution >= 0.6 is 0 Å². The van der Waals surface area contributed by atoms with E-state index in [2.05, 4.69) is 10.3 Å². The van der Waals surface area contributed by atoms with Gasteiger partial charge in [0.2, 0.25) is 0 Å². The minimum atomic E-state index is -0.260. The molecule has 0 aliphatic rings. The zero-order valence-electron chi connectivity index (χ0n) is 7.56. The first-order chi connectivity index (χ1) is 6.72. The Balaban J connectivity index is 2.72. The number of nitrogens with one attached hydrogen (secondary N) is 1.